The maximum Gasteiger partial charge on any atom is 0.266 e. The van der Waals surface area contributed by atoms with Gasteiger partial charge in [0, 0.05) is 30.8 Å². The lowest BCUT2D eigenvalue weighted by molar-refractivity contribution is 0.468. The molecule has 0 saturated heterocycles. The van der Waals surface area contributed by atoms with Crippen LogP contribution in [0.1, 0.15) is 26.5 Å². The number of hydrogen-bond donors (Lipinski definition) is 2. The smallest absolute Gasteiger partial charge is 0.266 e. The summed E-state index contributed by atoms with van der Waals surface area (Å²) in [5.41, 5.74) is 6.61. The van der Waals surface area contributed by atoms with Gasteiger partial charge in [-0.05, 0) is 12.8 Å². The fraction of sp³-hybridized carbons (Fsp3) is 0.700. The molecule has 1 aromatic heterocycles. The van der Waals surface area contributed by atoms with E-state index in [0.29, 0.717) is 5.92 Å². The van der Waals surface area contributed by atoms with E-state index >= 15 is 0 Å². The molecule has 0 bridgehead atoms. The molecular weight excluding hydrogens is 178 g/mol. The van der Waals surface area contributed by atoms with Crippen molar-refractivity contribution in [2.24, 2.45) is 11.7 Å². The number of rotatable bonds is 4. The van der Waals surface area contributed by atoms with Gasteiger partial charge in [0.2, 0.25) is 0 Å². The Morgan fingerprint density at radius 2 is 2.14 bits per heavy atom. The standard InChI is InChI=1S/C10H19N3O/c1-7(2)6-13-10(14)5-9(12-13)4-8(3)11/h5,7-8,12H,4,6,11H2,1-3H3. The van der Waals surface area contributed by atoms with Crippen molar-refractivity contribution >= 4 is 0 Å². The summed E-state index contributed by atoms with van der Waals surface area (Å²) in [5, 5.41) is 3.07. The number of aromatic nitrogens is 2. The first-order chi connectivity index (χ1) is 6.49. The molecule has 0 spiro atoms. The predicted octanol–water partition coefficient (Wildman–Crippen LogP) is 0.722. The van der Waals surface area contributed by atoms with Crippen LogP contribution in [0.25, 0.3) is 0 Å². The van der Waals surface area contributed by atoms with E-state index in [2.05, 4.69) is 18.9 Å². The summed E-state index contributed by atoms with van der Waals surface area (Å²) in [5.74, 6) is 0.467. The third kappa shape index (κ3) is 3.03. The molecule has 0 aliphatic carbocycles. The molecule has 1 atom stereocenters. The molecule has 4 heteroatoms. The quantitative estimate of drug-likeness (QED) is 0.747. The maximum atomic E-state index is 11.4. The van der Waals surface area contributed by atoms with E-state index in [1.165, 1.54) is 0 Å². The number of aromatic amines is 1. The van der Waals surface area contributed by atoms with Crippen molar-refractivity contribution in [1.29, 1.82) is 0 Å². The number of nitrogens with two attached hydrogens (primary N) is 1. The van der Waals surface area contributed by atoms with Gasteiger partial charge in [-0.25, -0.2) is 0 Å². The van der Waals surface area contributed by atoms with Crippen LogP contribution in [0.3, 0.4) is 0 Å². The van der Waals surface area contributed by atoms with Crippen LogP contribution in [0.5, 0.6) is 0 Å². The Kier molecular flexibility index (Phi) is 3.52. The van der Waals surface area contributed by atoms with E-state index in [-0.39, 0.29) is 11.6 Å². The van der Waals surface area contributed by atoms with Gasteiger partial charge in [0.05, 0.1) is 0 Å². The highest BCUT2D eigenvalue weighted by Gasteiger charge is 2.05. The van der Waals surface area contributed by atoms with Gasteiger partial charge in [-0.3, -0.25) is 14.6 Å². The van der Waals surface area contributed by atoms with Crippen LogP contribution in [0, 0.1) is 5.92 Å². The normalized spacial score (nSPS) is 13.5. The van der Waals surface area contributed by atoms with Gasteiger partial charge in [0.15, 0.2) is 0 Å². The Labute approximate surface area is 84.1 Å². The minimum absolute atomic E-state index is 0.0364. The number of nitrogens with one attached hydrogen (secondary N) is 1. The van der Waals surface area contributed by atoms with Gasteiger partial charge in [-0.15, -0.1) is 0 Å². The van der Waals surface area contributed by atoms with Gasteiger partial charge in [0.25, 0.3) is 5.56 Å². The van der Waals surface area contributed by atoms with Crippen LogP contribution in [0.15, 0.2) is 10.9 Å². The molecule has 1 heterocycles. The third-order valence-corrected chi connectivity index (χ3v) is 1.93. The fourth-order valence-corrected chi connectivity index (χ4v) is 1.44. The highest BCUT2D eigenvalue weighted by Crippen LogP contribution is 1.98. The Bertz CT molecular complexity index is 335. The lowest BCUT2D eigenvalue weighted by atomic mass is 10.2. The van der Waals surface area contributed by atoms with E-state index < -0.39 is 0 Å². The first-order valence-electron chi connectivity index (χ1n) is 5.03. The minimum atomic E-state index is 0.0364. The Balaban J connectivity index is 2.77. The average molecular weight is 197 g/mol. The molecule has 4 nitrogen and oxygen atoms in total. The lowest BCUT2D eigenvalue weighted by Gasteiger charge is -2.05. The molecule has 1 rings (SSSR count). The average Bonchev–Trinajstić information content (AvgIpc) is 2.28. The maximum absolute atomic E-state index is 11.4. The first-order valence-corrected chi connectivity index (χ1v) is 5.03. The zero-order valence-electron chi connectivity index (χ0n) is 9.08. The van der Waals surface area contributed by atoms with Crippen molar-refractivity contribution in [2.45, 2.75) is 39.8 Å². The lowest BCUT2D eigenvalue weighted by Crippen LogP contribution is -2.19. The van der Waals surface area contributed by atoms with E-state index in [9.17, 15) is 4.79 Å². The summed E-state index contributed by atoms with van der Waals surface area (Å²) in [7, 11) is 0. The zero-order valence-corrected chi connectivity index (χ0v) is 9.08. The molecule has 80 valence electrons. The van der Waals surface area contributed by atoms with Crippen LogP contribution in [-0.4, -0.2) is 15.8 Å². The molecule has 1 unspecified atom stereocenters. The monoisotopic (exact) mass is 197 g/mol. The van der Waals surface area contributed by atoms with Crippen LogP contribution in [-0.2, 0) is 13.0 Å². The summed E-state index contributed by atoms with van der Waals surface area (Å²) in [6.45, 7) is 6.83. The molecule has 0 aromatic carbocycles. The Morgan fingerprint density at radius 1 is 1.50 bits per heavy atom. The van der Waals surface area contributed by atoms with Crippen LogP contribution in [0.2, 0.25) is 0 Å². The number of hydrogen-bond acceptors (Lipinski definition) is 2. The summed E-state index contributed by atoms with van der Waals surface area (Å²) >= 11 is 0. The molecule has 0 saturated carbocycles. The van der Waals surface area contributed by atoms with Crippen molar-refractivity contribution in [3.05, 3.63) is 22.1 Å². The predicted molar refractivity (Wildman–Crippen MR) is 57.2 cm³/mol. The molecule has 0 aliphatic heterocycles. The molecule has 0 aliphatic rings. The SMILES string of the molecule is CC(C)Cn1[nH]c(CC(C)N)cc1=O. The van der Waals surface area contributed by atoms with Gasteiger partial charge in [-0.1, -0.05) is 13.8 Å². The highest BCUT2D eigenvalue weighted by molar-refractivity contribution is 5.01. The van der Waals surface area contributed by atoms with E-state index in [4.69, 9.17) is 5.73 Å². The summed E-state index contributed by atoms with van der Waals surface area (Å²) < 4.78 is 1.64. The van der Waals surface area contributed by atoms with Gasteiger partial charge in [0.1, 0.15) is 0 Å². The van der Waals surface area contributed by atoms with Crippen LogP contribution < -0.4 is 11.3 Å². The molecule has 1 aromatic rings. The second kappa shape index (κ2) is 4.46. The highest BCUT2D eigenvalue weighted by atomic mass is 16.1. The molecule has 0 fully saturated rings. The largest absolute Gasteiger partial charge is 0.328 e. The molecular formula is C10H19N3O. The first kappa shape index (κ1) is 11.0. The summed E-state index contributed by atoms with van der Waals surface area (Å²) in [6.07, 6.45) is 0.723. The topological polar surface area (TPSA) is 63.8 Å². The fourth-order valence-electron chi connectivity index (χ4n) is 1.44. The van der Waals surface area contributed by atoms with Crippen molar-refractivity contribution < 1.29 is 0 Å². The minimum Gasteiger partial charge on any atom is -0.328 e. The summed E-state index contributed by atoms with van der Waals surface area (Å²) in [6, 6.07) is 1.71. The van der Waals surface area contributed by atoms with Crippen molar-refractivity contribution in [3.63, 3.8) is 0 Å². The van der Waals surface area contributed by atoms with E-state index in [0.717, 1.165) is 18.7 Å². The number of H-pyrrole nitrogens is 1. The van der Waals surface area contributed by atoms with Crippen LogP contribution >= 0.6 is 0 Å². The molecule has 0 amide bonds. The Hall–Kier alpha value is -1.03. The van der Waals surface area contributed by atoms with Crippen molar-refractivity contribution in [3.8, 4) is 0 Å². The summed E-state index contributed by atoms with van der Waals surface area (Å²) in [4.78, 5) is 11.4. The van der Waals surface area contributed by atoms with E-state index in [1.807, 2.05) is 6.92 Å². The second-order valence-corrected chi connectivity index (χ2v) is 4.31. The number of nitrogens with zero attached hydrogens (tertiary/aromatic N) is 1. The second-order valence-electron chi connectivity index (χ2n) is 4.31. The van der Waals surface area contributed by atoms with Gasteiger partial charge < -0.3 is 5.73 Å². The Morgan fingerprint density at radius 3 is 2.64 bits per heavy atom. The molecule has 14 heavy (non-hydrogen) atoms. The van der Waals surface area contributed by atoms with Crippen molar-refractivity contribution in [1.82, 2.24) is 9.78 Å². The van der Waals surface area contributed by atoms with Gasteiger partial charge in [-0.2, -0.15) is 0 Å². The molecule has 0 radical (unpaired) electrons. The van der Waals surface area contributed by atoms with E-state index in [1.54, 1.807) is 10.7 Å². The zero-order chi connectivity index (χ0) is 10.7. The van der Waals surface area contributed by atoms with Crippen LogP contribution in [0.4, 0.5) is 0 Å². The van der Waals surface area contributed by atoms with Gasteiger partial charge >= 0.3 is 0 Å². The van der Waals surface area contributed by atoms with Crippen molar-refractivity contribution in [2.75, 3.05) is 0 Å². The molecule has 3 N–H and O–H groups in total. The third-order valence-electron chi connectivity index (χ3n) is 1.93.